The van der Waals surface area contributed by atoms with Crippen molar-refractivity contribution in [1.82, 2.24) is 19.9 Å². The van der Waals surface area contributed by atoms with E-state index in [1.807, 2.05) is 13.8 Å². The molecule has 0 radical (unpaired) electrons. The predicted octanol–water partition coefficient (Wildman–Crippen LogP) is 1.45. The molecule has 0 unspecified atom stereocenters. The van der Waals surface area contributed by atoms with E-state index < -0.39 is 0 Å². The van der Waals surface area contributed by atoms with Gasteiger partial charge in [-0.1, -0.05) is 0 Å². The minimum atomic E-state index is -0.175. The molecule has 0 aromatic carbocycles. The molecule has 2 heterocycles. The standard InChI is InChI=1S/C11H13N5OS/c1-3-12-10-14-6-7(2)9(16-10)18-11-13-5-4-8(17)15-11/h4-6H,3H2,1-2H3,(H,12,14,16)(H,13,15,17). The highest BCUT2D eigenvalue weighted by Crippen LogP contribution is 2.25. The second-order valence-corrected chi connectivity index (χ2v) is 4.53. The molecule has 0 aliphatic heterocycles. The largest absolute Gasteiger partial charge is 0.354 e. The van der Waals surface area contributed by atoms with E-state index in [0.717, 1.165) is 17.1 Å². The first-order valence-corrected chi connectivity index (χ1v) is 6.31. The predicted molar refractivity (Wildman–Crippen MR) is 69.9 cm³/mol. The molecule has 0 fully saturated rings. The molecule has 2 N–H and O–H groups in total. The Labute approximate surface area is 108 Å². The zero-order chi connectivity index (χ0) is 13.0. The van der Waals surface area contributed by atoms with E-state index in [4.69, 9.17) is 0 Å². The Kier molecular flexibility index (Phi) is 3.93. The van der Waals surface area contributed by atoms with E-state index in [1.54, 1.807) is 6.20 Å². The van der Waals surface area contributed by atoms with Crippen LogP contribution in [0.15, 0.2) is 33.4 Å². The lowest BCUT2D eigenvalue weighted by Gasteiger charge is -2.06. The van der Waals surface area contributed by atoms with Gasteiger partial charge in [-0.05, 0) is 25.6 Å². The van der Waals surface area contributed by atoms with E-state index in [9.17, 15) is 4.79 Å². The molecule has 2 aromatic heterocycles. The van der Waals surface area contributed by atoms with Crippen LogP contribution < -0.4 is 10.9 Å². The minimum Gasteiger partial charge on any atom is -0.354 e. The second-order valence-electron chi connectivity index (χ2n) is 3.55. The van der Waals surface area contributed by atoms with Gasteiger partial charge in [0.05, 0.1) is 0 Å². The van der Waals surface area contributed by atoms with E-state index in [0.29, 0.717) is 11.1 Å². The fourth-order valence-electron chi connectivity index (χ4n) is 1.27. The van der Waals surface area contributed by atoms with Crippen LogP contribution in [0.25, 0.3) is 0 Å². The van der Waals surface area contributed by atoms with Crippen molar-refractivity contribution in [2.24, 2.45) is 0 Å². The van der Waals surface area contributed by atoms with E-state index >= 15 is 0 Å². The van der Waals surface area contributed by atoms with Crippen LogP contribution in [0.1, 0.15) is 12.5 Å². The molecule has 0 amide bonds. The number of H-pyrrole nitrogens is 1. The number of hydrogen-bond acceptors (Lipinski definition) is 6. The molecule has 0 saturated heterocycles. The van der Waals surface area contributed by atoms with Crippen molar-refractivity contribution >= 4 is 17.7 Å². The molecular weight excluding hydrogens is 250 g/mol. The Morgan fingerprint density at radius 2 is 2.28 bits per heavy atom. The van der Waals surface area contributed by atoms with Gasteiger partial charge < -0.3 is 10.3 Å². The van der Waals surface area contributed by atoms with Crippen molar-refractivity contribution in [3.63, 3.8) is 0 Å². The number of aromatic amines is 1. The second kappa shape index (κ2) is 5.63. The highest BCUT2D eigenvalue weighted by Gasteiger charge is 2.07. The van der Waals surface area contributed by atoms with Gasteiger partial charge in [0.15, 0.2) is 5.16 Å². The number of nitrogens with zero attached hydrogens (tertiary/aromatic N) is 3. The molecule has 2 rings (SSSR count). The van der Waals surface area contributed by atoms with Crippen LogP contribution in [0.2, 0.25) is 0 Å². The van der Waals surface area contributed by atoms with Crippen LogP contribution in [0, 0.1) is 6.92 Å². The third kappa shape index (κ3) is 3.07. The van der Waals surface area contributed by atoms with Crippen molar-refractivity contribution in [2.45, 2.75) is 24.0 Å². The van der Waals surface area contributed by atoms with Gasteiger partial charge in [0.1, 0.15) is 5.03 Å². The molecule has 0 aliphatic rings. The van der Waals surface area contributed by atoms with Crippen LogP contribution in [0.5, 0.6) is 0 Å². The third-order valence-corrected chi connectivity index (χ3v) is 3.11. The van der Waals surface area contributed by atoms with E-state index in [-0.39, 0.29) is 5.56 Å². The first-order valence-electron chi connectivity index (χ1n) is 5.49. The summed E-state index contributed by atoms with van der Waals surface area (Å²) in [5, 5.41) is 4.34. The summed E-state index contributed by atoms with van der Waals surface area (Å²) in [5.74, 6) is 0.573. The Bertz CT molecular complexity index is 598. The summed E-state index contributed by atoms with van der Waals surface area (Å²) in [5.41, 5.74) is 0.763. The van der Waals surface area contributed by atoms with Gasteiger partial charge >= 0.3 is 0 Å². The summed E-state index contributed by atoms with van der Waals surface area (Å²) in [4.78, 5) is 26.4. The maximum Gasteiger partial charge on any atom is 0.251 e. The molecule has 0 saturated carbocycles. The average Bonchev–Trinajstić information content (AvgIpc) is 2.34. The number of anilines is 1. The topological polar surface area (TPSA) is 83.6 Å². The number of hydrogen-bond donors (Lipinski definition) is 2. The molecular formula is C11H13N5OS. The molecule has 0 atom stereocenters. The van der Waals surface area contributed by atoms with Crippen LogP contribution in [-0.4, -0.2) is 26.5 Å². The maximum atomic E-state index is 11.2. The molecule has 94 valence electrons. The summed E-state index contributed by atoms with van der Waals surface area (Å²) in [6.07, 6.45) is 3.22. The van der Waals surface area contributed by atoms with Crippen molar-refractivity contribution in [3.05, 3.63) is 34.4 Å². The summed E-state index contributed by atoms with van der Waals surface area (Å²) < 4.78 is 0. The quantitative estimate of drug-likeness (QED) is 0.641. The number of aryl methyl sites for hydroxylation is 1. The minimum absolute atomic E-state index is 0.175. The van der Waals surface area contributed by atoms with Gasteiger partial charge in [0.25, 0.3) is 5.56 Å². The SMILES string of the molecule is CCNc1ncc(C)c(Sc2nccc(=O)[nH]2)n1. The zero-order valence-electron chi connectivity index (χ0n) is 10.1. The van der Waals surface area contributed by atoms with Gasteiger partial charge in [0, 0.05) is 30.6 Å². The Morgan fingerprint density at radius 3 is 3.00 bits per heavy atom. The van der Waals surface area contributed by atoms with Crippen molar-refractivity contribution in [2.75, 3.05) is 11.9 Å². The fraction of sp³-hybridized carbons (Fsp3) is 0.273. The lowest BCUT2D eigenvalue weighted by atomic mass is 10.4. The smallest absolute Gasteiger partial charge is 0.251 e. The molecule has 6 nitrogen and oxygen atoms in total. The molecule has 7 heteroatoms. The number of nitrogens with one attached hydrogen (secondary N) is 2. The van der Waals surface area contributed by atoms with Crippen molar-refractivity contribution < 1.29 is 0 Å². The van der Waals surface area contributed by atoms with E-state index in [1.165, 1.54) is 24.0 Å². The molecule has 0 spiro atoms. The van der Waals surface area contributed by atoms with E-state index in [2.05, 4.69) is 25.3 Å². The summed E-state index contributed by atoms with van der Waals surface area (Å²) >= 11 is 1.31. The van der Waals surface area contributed by atoms with Crippen molar-refractivity contribution in [3.8, 4) is 0 Å². The van der Waals surface area contributed by atoms with Crippen LogP contribution in [0.4, 0.5) is 5.95 Å². The molecule has 18 heavy (non-hydrogen) atoms. The summed E-state index contributed by atoms with van der Waals surface area (Å²) in [6.45, 7) is 4.65. The molecule has 0 bridgehead atoms. The highest BCUT2D eigenvalue weighted by molar-refractivity contribution is 7.99. The number of rotatable bonds is 4. The number of aromatic nitrogens is 4. The summed E-state index contributed by atoms with van der Waals surface area (Å²) in [7, 11) is 0. The Hall–Kier alpha value is -1.89. The maximum absolute atomic E-state index is 11.2. The lowest BCUT2D eigenvalue weighted by Crippen LogP contribution is -2.06. The highest BCUT2D eigenvalue weighted by atomic mass is 32.2. The fourth-order valence-corrected chi connectivity index (χ4v) is 2.06. The van der Waals surface area contributed by atoms with Gasteiger partial charge in [0.2, 0.25) is 5.95 Å². The monoisotopic (exact) mass is 263 g/mol. The zero-order valence-corrected chi connectivity index (χ0v) is 10.9. The third-order valence-electron chi connectivity index (χ3n) is 2.10. The Balaban J connectivity index is 2.27. The van der Waals surface area contributed by atoms with Crippen LogP contribution >= 0.6 is 11.8 Å². The Morgan fingerprint density at radius 1 is 1.44 bits per heavy atom. The summed E-state index contributed by atoms with van der Waals surface area (Å²) in [6, 6.07) is 1.38. The van der Waals surface area contributed by atoms with Gasteiger partial charge in [-0.15, -0.1) is 0 Å². The van der Waals surface area contributed by atoms with Gasteiger partial charge in [-0.3, -0.25) is 4.79 Å². The molecule has 0 aliphatic carbocycles. The molecule has 2 aromatic rings. The van der Waals surface area contributed by atoms with Crippen molar-refractivity contribution in [1.29, 1.82) is 0 Å². The lowest BCUT2D eigenvalue weighted by molar-refractivity contribution is 0.922. The normalized spacial score (nSPS) is 10.3. The first kappa shape index (κ1) is 12.6. The first-order chi connectivity index (χ1) is 8.69. The average molecular weight is 263 g/mol. The van der Waals surface area contributed by atoms with Gasteiger partial charge in [-0.2, -0.15) is 0 Å². The van der Waals surface area contributed by atoms with Crippen LogP contribution in [-0.2, 0) is 0 Å². The van der Waals surface area contributed by atoms with Gasteiger partial charge in [-0.25, -0.2) is 15.0 Å². The van der Waals surface area contributed by atoms with Crippen LogP contribution in [0.3, 0.4) is 0 Å².